The molecule has 0 atom stereocenters. The van der Waals surface area contributed by atoms with Gasteiger partial charge in [0.1, 0.15) is 0 Å². The normalized spacial score (nSPS) is 10.6. The third kappa shape index (κ3) is 4.37. The zero-order chi connectivity index (χ0) is 13.7. The molecule has 4 heteroatoms. The Morgan fingerprint density at radius 1 is 1.05 bits per heavy atom. The summed E-state index contributed by atoms with van der Waals surface area (Å²) in [6.45, 7) is 0. The van der Waals surface area contributed by atoms with Crippen LogP contribution in [0.4, 0.5) is 11.4 Å². The standard InChI is InChI=1S/C15H17ClN2S/c16-12-6-7-14(18)15(10-12)19-8-2-4-11-3-1-5-13(17)9-11/h1,3,5-7,9-10H,2,4,8,17-18H2. The summed E-state index contributed by atoms with van der Waals surface area (Å²) in [7, 11) is 0. The number of aryl methyl sites for hydroxylation is 1. The molecule has 4 N–H and O–H groups in total. The molecule has 2 rings (SSSR count). The van der Waals surface area contributed by atoms with Crippen LogP contribution in [0.2, 0.25) is 5.02 Å². The van der Waals surface area contributed by atoms with Crippen molar-refractivity contribution >= 4 is 34.7 Å². The smallest absolute Gasteiger partial charge is 0.0453 e. The Balaban J connectivity index is 1.82. The summed E-state index contributed by atoms with van der Waals surface area (Å²) in [5.41, 5.74) is 14.6. The Morgan fingerprint density at radius 3 is 2.68 bits per heavy atom. The van der Waals surface area contributed by atoms with Gasteiger partial charge in [-0.25, -0.2) is 0 Å². The molecule has 0 aliphatic rings. The highest BCUT2D eigenvalue weighted by Gasteiger charge is 2.01. The average molecular weight is 293 g/mol. The maximum atomic E-state index is 5.96. The maximum Gasteiger partial charge on any atom is 0.0453 e. The van der Waals surface area contributed by atoms with Crippen LogP contribution >= 0.6 is 23.4 Å². The van der Waals surface area contributed by atoms with Crippen LogP contribution in [0.15, 0.2) is 47.4 Å². The van der Waals surface area contributed by atoms with E-state index in [1.807, 2.05) is 36.4 Å². The fraction of sp³-hybridized carbons (Fsp3) is 0.200. The third-order valence-electron chi connectivity index (χ3n) is 2.79. The average Bonchev–Trinajstić information content (AvgIpc) is 2.39. The van der Waals surface area contributed by atoms with Gasteiger partial charge in [-0.1, -0.05) is 23.7 Å². The van der Waals surface area contributed by atoms with E-state index < -0.39 is 0 Å². The highest BCUT2D eigenvalue weighted by atomic mass is 35.5. The second-order valence-corrected chi connectivity index (χ2v) is 5.95. The number of nitrogen functional groups attached to an aromatic ring is 2. The summed E-state index contributed by atoms with van der Waals surface area (Å²) in [6.07, 6.45) is 2.11. The van der Waals surface area contributed by atoms with E-state index in [1.54, 1.807) is 11.8 Å². The van der Waals surface area contributed by atoms with Crippen molar-refractivity contribution in [1.82, 2.24) is 0 Å². The van der Waals surface area contributed by atoms with Gasteiger partial charge in [0.25, 0.3) is 0 Å². The van der Waals surface area contributed by atoms with Crippen LogP contribution in [0, 0.1) is 0 Å². The first-order valence-corrected chi connectivity index (χ1v) is 7.54. The molecule has 0 bridgehead atoms. The Hall–Kier alpha value is -1.32. The molecule has 0 radical (unpaired) electrons. The molecule has 2 aromatic rings. The lowest BCUT2D eigenvalue weighted by Gasteiger charge is -2.06. The molecule has 0 spiro atoms. The number of benzene rings is 2. The van der Waals surface area contributed by atoms with Gasteiger partial charge in [0.2, 0.25) is 0 Å². The molecular formula is C15H17ClN2S. The van der Waals surface area contributed by atoms with E-state index in [0.717, 1.165) is 39.9 Å². The minimum absolute atomic E-state index is 0.729. The van der Waals surface area contributed by atoms with Crippen LogP contribution in [0.5, 0.6) is 0 Å². The number of thioether (sulfide) groups is 1. The largest absolute Gasteiger partial charge is 0.399 e. The van der Waals surface area contributed by atoms with E-state index in [1.165, 1.54) is 5.56 Å². The lowest BCUT2D eigenvalue weighted by atomic mass is 10.1. The van der Waals surface area contributed by atoms with Crippen LogP contribution in [0.25, 0.3) is 0 Å². The summed E-state index contributed by atoms with van der Waals surface area (Å²) >= 11 is 7.70. The van der Waals surface area contributed by atoms with Crippen molar-refractivity contribution in [1.29, 1.82) is 0 Å². The van der Waals surface area contributed by atoms with Gasteiger partial charge in [-0.3, -0.25) is 0 Å². The van der Waals surface area contributed by atoms with Crippen molar-refractivity contribution in [3.05, 3.63) is 53.1 Å². The minimum Gasteiger partial charge on any atom is -0.399 e. The number of rotatable bonds is 5. The van der Waals surface area contributed by atoms with Gasteiger partial charge in [-0.05, 0) is 54.5 Å². The fourth-order valence-electron chi connectivity index (χ4n) is 1.84. The first kappa shape index (κ1) is 14.1. The van der Waals surface area contributed by atoms with Crippen molar-refractivity contribution in [2.75, 3.05) is 17.2 Å². The zero-order valence-electron chi connectivity index (χ0n) is 10.6. The molecule has 0 unspecified atom stereocenters. The first-order valence-electron chi connectivity index (χ1n) is 6.17. The van der Waals surface area contributed by atoms with E-state index in [4.69, 9.17) is 23.1 Å². The number of halogens is 1. The highest BCUT2D eigenvalue weighted by Crippen LogP contribution is 2.28. The third-order valence-corrected chi connectivity index (χ3v) is 4.19. The van der Waals surface area contributed by atoms with E-state index in [-0.39, 0.29) is 0 Å². The Morgan fingerprint density at radius 2 is 1.89 bits per heavy atom. The highest BCUT2D eigenvalue weighted by molar-refractivity contribution is 7.99. The molecule has 0 heterocycles. The number of hydrogen-bond donors (Lipinski definition) is 2. The molecule has 2 nitrogen and oxygen atoms in total. The van der Waals surface area contributed by atoms with Crippen molar-refractivity contribution in [2.45, 2.75) is 17.7 Å². The SMILES string of the molecule is Nc1cccc(CCCSc2cc(Cl)ccc2N)c1. The predicted octanol–water partition coefficient (Wildman–Crippen LogP) is 4.23. The molecule has 0 amide bonds. The summed E-state index contributed by atoms with van der Waals surface area (Å²) < 4.78 is 0. The molecule has 0 saturated carbocycles. The van der Waals surface area contributed by atoms with Crippen molar-refractivity contribution in [3.8, 4) is 0 Å². The van der Waals surface area contributed by atoms with E-state index in [0.29, 0.717) is 0 Å². The topological polar surface area (TPSA) is 52.0 Å². The van der Waals surface area contributed by atoms with Crippen LogP contribution in [-0.4, -0.2) is 5.75 Å². The Labute approximate surface area is 123 Å². The summed E-state index contributed by atoms with van der Waals surface area (Å²) in [6, 6.07) is 13.6. The summed E-state index contributed by atoms with van der Waals surface area (Å²) in [5, 5.41) is 0.729. The quantitative estimate of drug-likeness (QED) is 0.492. The van der Waals surface area contributed by atoms with Gasteiger partial charge in [0, 0.05) is 21.3 Å². The molecule has 0 aliphatic carbocycles. The van der Waals surface area contributed by atoms with Gasteiger partial charge < -0.3 is 11.5 Å². The van der Waals surface area contributed by atoms with Crippen LogP contribution in [-0.2, 0) is 6.42 Å². The molecule has 0 aromatic heterocycles. The number of anilines is 2. The van der Waals surface area contributed by atoms with Crippen molar-refractivity contribution < 1.29 is 0 Å². The molecule has 2 aromatic carbocycles. The van der Waals surface area contributed by atoms with Crippen molar-refractivity contribution in [3.63, 3.8) is 0 Å². The second-order valence-electron chi connectivity index (χ2n) is 4.38. The molecule has 100 valence electrons. The molecule has 0 aliphatic heterocycles. The van der Waals surface area contributed by atoms with Gasteiger partial charge in [-0.15, -0.1) is 11.8 Å². The molecular weight excluding hydrogens is 276 g/mol. The lowest BCUT2D eigenvalue weighted by Crippen LogP contribution is -1.92. The zero-order valence-corrected chi connectivity index (χ0v) is 12.2. The maximum absolute atomic E-state index is 5.96. The van der Waals surface area contributed by atoms with E-state index in [2.05, 4.69) is 6.07 Å². The van der Waals surface area contributed by atoms with E-state index in [9.17, 15) is 0 Å². The summed E-state index contributed by atoms with van der Waals surface area (Å²) in [5.74, 6) is 1.01. The molecule has 0 saturated heterocycles. The summed E-state index contributed by atoms with van der Waals surface area (Å²) in [4.78, 5) is 1.06. The molecule has 19 heavy (non-hydrogen) atoms. The monoisotopic (exact) mass is 292 g/mol. The van der Waals surface area contributed by atoms with Crippen LogP contribution < -0.4 is 11.5 Å². The molecule has 0 fully saturated rings. The van der Waals surface area contributed by atoms with Gasteiger partial charge >= 0.3 is 0 Å². The van der Waals surface area contributed by atoms with Crippen LogP contribution in [0.1, 0.15) is 12.0 Å². The van der Waals surface area contributed by atoms with Gasteiger partial charge in [0.15, 0.2) is 0 Å². The number of hydrogen-bond acceptors (Lipinski definition) is 3. The number of nitrogens with two attached hydrogens (primary N) is 2. The van der Waals surface area contributed by atoms with Gasteiger partial charge in [0.05, 0.1) is 0 Å². The van der Waals surface area contributed by atoms with Crippen LogP contribution in [0.3, 0.4) is 0 Å². The Kier molecular flexibility index (Phi) is 5.00. The Bertz CT molecular complexity index is 558. The minimum atomic E-state index is 0.729. The van der Waals surface area contributed by atoms with E-state index >= 15 is 0 Å². The fourth-order valence-corrected chi connectivity index (χ4v) is 3.03. The first-order chi connectivity index (χ1) is 9.15. The van der Waals surface area contributed by atoms with Crippen molar-refractivity contribution in [2.24, 2.45) is 0 Å². The second kappa shape index (κ2) is 6.73. The lowest BCUT2D eigenvalue weighted by molar-refractivity contribution is 0.934. The predicted molar refractivity (Wildman–Crippen MR) is 85.8 cm³/mol. The van der Waals surface area contributed by atoms with Gasteiger partial charge in [-0.2, -0.15) is 0 Å².